The van der Waals surface area contributed by atoms with E-state index >= 15 is 0 Å². The van der Waals surface area contributed by atoms with Gasteiger partial charge in [0.1, 0.15) is 10.6 Å². The molecule has 1 saturated heterocycles. The van der Waals surface area contributed by atoms with Gasteiger partial charge in [-0.15, -0.1) is 0 Å². The molecule has 0 aliphatic carbocycles. The van der Waals surface area contributed by atoms with Gasteiger partial charge in [-0.2, -0.15) is 4.31 Å². The van der Waals surface area contributed by atoms with Crippen LogP contribution in [-0.2, 0) is 16.6 Å². The molecule has 29 heavy (non-hydrogen) atoms. The maximum Gasteiger partial charge on any atom is 0.251 e. The summed E-state index contributed by atoms with van der Waals surface area (Å²) in [6.07, 6.45) is 2.68. The molecule has 1 aliphatic heterocycles. The minimum Gasteiger partial charge on any atom is -0.494 e. The van der Waals surface area contributed by atoms with E-state index in [2.05, 4.69) is 5.32 Å². The largest absolute Gasteiger partial charge is 0.494 e. The highest BCUT2D eigenvalue weighted by molar-refractivity contribution is 7.89. The summed E-state index contributed by atoms with van der Waals surface area (Å²) in [5.74, 6) is 0.336. The van der Waals surface area contributed by atoms with Gasteiger partial charge in [0.2, 0.25) is 10.0 Å². The summed E-state index contributed by atoms with van der Waals surface area (Å²) in [7, 11) is -3.73. The van der Waals surface area contributed by atoms with E-state index in [1.54, 1.807) is 0 Å². The Morgan fingerprint density at radius 2 is 1.86 bits per heavy atom. The molecule has 2 aromatic carbocycles. The second-order valence-corrected chi connectivity index (χ2v) is 9.15. The average Bonchev–Trinajstić information content (AvgIpc) is 2.74. The van der Waals surface area contributed by atoms with Gasteiger partial charge in [-0.3, -0.25) is 4.79 Å². The Bertz CT molecular complexity index is 972. The molecule has 0 unspecified atom stereocenters. The van der Waals surface area contributed by atoms with Crippen LogP contribution in [0.2, 0.25) is 5.02 Å². The zero-order chi connectivity index (χ0) is 20.9. The summed E-state index contributed by atoms with van der Waals surface area (Å²) >= 11 is 6.18. The first kappa shape index (κ1) is 21.6. The molecule has 0 bridgehead atoms. The van der Waals surface area contributed by atoms with Crippen LogP contribution in [0.4, 0.5) is 0 Å². The molecular weight excluding hydrogens is 412 g/mol. The smallest absolute Gasteiger partial charge is 0.251 e. The number of halogens is 1. The molecule has 0 radical (unpaired) electrons. The third-order valence-electron chi connectivity index (χ3n) is 4.84. The number of nitrogens with one attached hydrogen (secondary N) is 1. The highest BCUT2D eigenvalue weighted by Crippen LogP contribution is 2.28. The Balaban J connectivity index is 1.78. The Kier molecular flexibility index (Phi) is 7.16. The van der Waals surface area contributed by atoms with Crippen molar-refractivity contribution in [1.82, 2.24) is 9.62 Å². The van der Waals surface area contributed by atoms with Crippen molar-refractivity contribution < 1.29 is 17.9 Å². The van der Waals surface area contributed by atoms with Crippen LogP contribution in [0.1, 0.15) is 42.1 Å². The molecule has 0 spiro atoms. The lowest BCUT2D eigenvalue weighted by Gasteiger charge is -2.26. The van der Waals surface area contributed by atoms with Gasteiger partial charge in [-0.1, -0.05) is 36.2 Å². The number of nitrogens with zero attached hydrogens (tertiary/aromatic N) is 1. The van der Waals surface area contributed by atoms with Crippen LogP contribution in [0.15, 0.2) is 47.4 Å². The van der Waals surface area contributed by atoms with E-state index in [4.69, 9.17) is 16.3 Å². The number of ether oxygens (including phenoxy) is 1. The fourth-order valence-corrected chi connectivity index (χ4v) is 5.33. The summed E-state index contributed by atoms with van der Waals surface area (Å²) < 4.78 is 33.0. The molecule has 6 nitrogen and oxygen atoms in total. The van der Waals surface area contributed by atoms with Crippen LogP contribution in [0.3, 0.4) is 0 Å². The number of hydrogen-bond acceptors (Lipinski definition) is 4. The number of amides is 1. The minimum atomic E-state index is -3.73. The molecule has 3 rings (SSSR count). The number of piperidine rings is 1. The van der Waals surface area contributed by atoms with Gasteiger partial charge in [0.05, 0.1) is 11.6 Å². The summed E-state index contributed by atoms with van der Waals surface area (Å²) in [4.78, 5) is 12.6. The first-order valence-corrected chi connectivity index (χ1v) is 11.5. The van der Waals surface area contributed by atoms with Crippen LogP contribution in [0.5, 0.6) is 5.75 Å². The van der Waals surface area contributed by atoms with Crippen LogP contribution >= 0.6 is 11.6 Å². The fraction of sp³-hybridized carbons (Fsp3) is 0.381. The number of rotatable bonds is 7. The monoisotopic (exact) mass is 436 g/mol. The minimum absolute atomic E-state index is 0.0246. The average molecular weight is 437 g/mol. The van der Waals surface area contributed by atoms with Gasteiger partial charge in [0, 0.05) is 30.8 Å². The number of carbonyl (C=O) groups is 1. The summed E-state index contributed by atoms with van der Waals surface area (Å²) in [6.45, 7) is 3.64. The maximum atomic E-state index is 13.0. The molecule has 1 heterocycles. The summed E-state index contributed by atoms with van der Waals surface area (Å²) in [5, 5.41) is 2.94. The zero-order valence-corrected chi connectivity index (χ0v) is 17.9. The van der Waals surface area contributed by atoms with E-state index in [1.807, 2.05) is 31.2 Å². The number of para-hydroxylation sites is 1. The Hall–Kier alpha value is -2.09. The van der Waals surface area contributed by atoms with Gasteiger partial charge in [-0.25, -0.2) is 8.42 Å². The summed E-state index contributed by atoms with van der Waals surface area (Å²) in [5.41, 5.74) is 1.09. The molecule has 0 aromatic heterocycles. The van der Waals surface area contributed by atoms with Crippen molar-refractivity contribution in [2.45, 2.75) is 37.6 Å². The maximum absolute atomic E-state index is 13.0. The number of benzene rings is 2. The lowest BCUT2D eigenvalue weighted by atomic mass is 10.1. The zero-order valence-electron chi connectivity index (χ0n) is 16.4. The second-order valence-electron chi connectivity index (χ2n) is 6.83. The fourth-order valence-electron chi connectivity index (χ4n) is 3.31. The van der Waals surface area contributed by atoms with Gasteiger partial charge in [0.25, 0.3) is 5.91 Å². The molecule has 2 aromatic rings. The Morgan fingerprint density at radius 1 is 1.14 bits per heavy atom. The summed E-state index contributed by atoms with van der Waals surface area (Å²) in [6, 6.07) is 11.8. The second kappa shape index (κ2) is 9.61. The predicted molar refractivity (Wildman–Crippen MR) is 113 cm³/mol. The van der Waals surface area contributed by atoms with Crippen LogP contribution in [-0.4, -0.2) is 38.3 Å². The van der Waals surface area contributed by atoms with Crippen molar-refractivity contribution in [1.29, 1.82) is 0 Å². The molecule has 1 fully saturated rings. The van der Waals surface area contributed by atoms with Crippen molar-refractivity contribution in [2.75, 3.05) is 19.7 Å². The van der Waals surface area contributed by atoms with E-state index < -0.39 is 10.0 Å². The third-order valence-corrected chi connectivity index (χ3v) is 7.22. The van der Waals surface area contributed by atoms with E-state index in [0.717, 1.165) is 24.8 Å². The molecule has 1 amide bonds. The highest BCUT2D eigenvalue weighted by Gasteiger charge is 2.28. The van der Waals surface area contributed by atoms with E-state index in [1.165, 1.54) is 22.5 Å². The van der Waals surface area contributed by atoms with Gasteiger partial charge >= 0.3 is 0 Å². The number of hydrogen-bond donors (Lipinski definition) is 1. The molecule has 0 saturated carbocycles. The molecule has 1 aliphatic rings. The van der Waals surface area contributed by atoms with Crippen molar-refractivity contribution in [2.24, 2.45) is 0 Å². The number of sulfonamides is 1. The van der Waals surface area contributed by atoms with Crippen molar-refractivity contribution in [3.63, 3.8) is 0 Å². The van der Waals surface area contributed by atoms with Crippen molar-refractivity contribution in [3.05, 3.63) is 58.6 Å². The molecular formula is C21H25ClN2O4S. The quantitative estimate of drug-likeness (QED) is 0.715. The van der Waals surface area contributed by atoms with E-state index in [9.17, 15) is 13.2 Å². The highest BCUT2D eigenvalue weighted by atomic mass is 35.5. The predicted octanol–water partition coefficient (Wildman–Crippen LogP) is 3.84. The first-order valence-electron chi connectivity index (χ1n) is 9.72. The van der Waals surface area contributed by atoms with Gasteiger partial charge in [0.15, 0.2) is 0 Å². The van der Waals surface area contributed by atoms with E-state index in [0.29, 0.717) is 25.4 Å². The lowest BCUT2D eigenvalue weighted by molar-refractivity contribution is 0.0950. The topological polar surface area (TPSA) is 75.7 Å². The van der Waals surface area contributed by atoms with Crippen LogP contribution in [0, 0.1) is 0 Å². The molecule has 8 heteroatoms. The first-order chi connectivity index (χ1) is 13.9. The van der Waals surface area contributed by atoms with E-state index in [-0.39, 0.29) is 27.9 Å². The van der Waals surface area contributed by atoms with Gasteiger partial charge in [-0.05, 0) is 44.0 Å². The Morgan fingerprint density at radius 3 is 2.59 bits per heavy atom. The normalized spacial score (nSPS) is 15.1. The molecule has 156 valence electrons. The lowest BCUT2D eigenvalue weighted by Crippen LogP contribution is -2.36. The molecule has 0 atom stereocenters. The third kappa shape index (κ3) is 5.10. The number of carbonyl (C=O) groups excluding carboxylic acids is 1. The van der Waals surface area contributed by atoms with Crippen molar-refractivity contribution >= 4 is 27.5 Å². The Labute approximate surface area is 176 Å². The van der Waals surface area contributed by atoms with Crippen LogP contribution < -0.4 is 10.1 Å². The SMILES string of the molecule is CCOc1ccccc1CNC(=O)c1ccc(Cl)c(S(=O)(=O)N2CCCCC2)c1. The van der Waals surface area contributed by atoms with Crippen LogP contribution in [0.25, 0.3) is 0 Å². The standard InChI is InChI=1S/C21H25ClN2O4S/c1-2-28-19-9-5-4-8-17(19)15-23-21(25)16-10-11-18(22)20(14-16)29(26,27)24-12-6-3-7-13-24/h4-5,8-11,14H,2-3,6-7,12-13,15H2,1H3,(H,23,25). The molecule has 1 N–H and O–H groups in total. The van der Waals surface area contributed by atoms with Crippen molar-refractivity contribution in [3.8, 4) is 5.75 Å². The van der Waals surface area contributed by atoms with Gasteiger partial charge < -0.3 is 10.1 Å².